The van der Waals surface area contributed by atoms with Crippen molar-refractivity contribution in [2.45, 2.75) is 46.5 Å². The highest BCUT2D eigenvalue weighted by molar-refractivity contribution is 5.73. The molecule has 1 heteroatoms. The molecular formula is C20H26O. The molecule has 0 aliphatic rings. The van der Waals surface area contributed by atoms with Gasteiger partial charge in [-0.05, 0) is 60.1 Å². The van der Waals surface area contributed by atoms with Crippen molar-refractivity contribution in [3.63, 3.8) is 0 Å². The molecule has 0 N–H and O–H groups in total. The van der Waals surface area contributed by atoms with Crippen molar-refractivity contribution >= 4 is 0 Å². The Bertz CT molecular complexity index is 613. The van der Waals surface area contributed by atoms with Crippen LogP contribution < -0.4 is 4.74 Å². The van der Waals surface area contributed by atoms with Crippen molar-refractivity contribution in [3.05, 3.63) is 53.1 Å². The molecule has 0 aromatic heterocycles. The van der Waals surface area contributed by atoms with E-state index in [9.17, 15) is 0 Å². The second-order valence-electron chi connectivity index (χ2n) is 5.78. The van der Waals surface area contributed by atoms with Gasteiger partial charge in [-0.1, -0.05) is 50.6 Å². The average molecular weight is 282 g/mol. The second kappa shape index (κ2) is 6.80. The van der Waals surface area contributed by atoms with Crippen molar-refractivity contribution in [1.29, 1.82) is 0 Å². The zero-order valence-corrected chi connectivity index (χ0v) is 13.9. The van der Waals surface area contributed by atoms with E-state index in [-0.39, 0.29) is 0 Å². The molecule has 1 unspecified atom stereocenters. The smallest absolute Gasteiger partial charge is 0.119 e. The quantitative estimate of drug-likeness (QED) is 0.678. The molecule has 0 spiro atoms. The Morgan fingerprint density at radius 1 is 1.00 bits per heavy atom. The monoisotopic (exact) mass is 282 g/mol. The van der Waals surface area contributed by atoms with E-state index < -0.39 is 0 Å². The van der Waals surface area contributed by atoms with E-state index in [4.69, 9.17) is 4.74 Å². The number of ether oxygens (including phenoxy) is 1. The zero-order valence-electron chi connectivity index (χ0n) is 13.9. The summed E-state index contributed by atoms with van der Waals surface area (Å²) >= 11 is 0. The Morgan fingerprint density at radius 2 is 1.76 bits per heavy atom. The van der Waals surface area contributed by atoms with Crippen LogP contribution in [0.2, 0.25) is 0 Å². The maximum absolute atomic E-state index is 5.45. The largest absolute Gasteiger partial charge is 0.497 e. The van der Waals surface area contributed by atoms with Crippen molar-refractivity contribution < 1.29 is 4.74 Å². The first-order valence-electron chi connectivity index (χ1n) is 7.88. The molecule has 0 aliphatic carbocycles. The summed E-state index contributed by atoms with van der Waals surface area (Å²) in [6.45, 7) is 8.92. The van der Waals surface area contributed by atoms with Crippen molar-refractivity contribution in [2.24, 2.45) is 0 Å². The fourth-order valence-electron chi connectivity index (χ4n) is 2.79. The van der Waals surface area contributed by atoms with Gasteiger partial charge in [0.1, 0.15) is 5.75 Å². The Balaban J connectivity index is 2.68. The van der Waals surface area contributed by atoms with E-state index in [2.05, 4.69) is 64.1 Å². The highest BCUT2D eigenvalue weighted by atomic mass is 16.5. The zero-order chi connectivity index (χ0) is 15.4. The van der Waals surface area contributed by atoms with Crippen LogP contribution in [-0.2, 0) is 6.42 Å². The second-order valence-corrected chi connectivity index (χ2v) is 5.78. The third-order valence-electron chi connectivity index (χ3n) is 4.34. The number of methoxy groups -OCH3 is 1. The van der Waals surface area contributed by atoms with Crippen LogP contribution in [0.3, 0.4) is 0 Å². The fourth-order valence-corrected chi connectivity index (χ4v) is 2.79. The summed E-state index contributed by atoms with van der Waals surface area (Å²) in [5.74, 6) is 1.48. The van der Waals surface area contributed by atoms with Gasteiger partial charge in [0.25, 0.3) is 0 Å². The highest BCUT2D eigenvalue weighted by Gasteiger charge is 2.14. The van der Waals surface area contributed by atoms with Gasteiger partial charge in [0.05, 0.1) is 7.11 Å². The molecular weight excluding hydrogens is 256 g/mol. The van der Waals surface area contributed by atoms with Crippen LogP contribution in [0.1, 0.15) is 49.8 Å². The lowest BCUT2D eigenvalue weighted by Gasteiger charge is -2.19. The standard InChI is InChI=1S/C20H26O/c1-6-15(4)18-11-10-17(21-5)13-20(18)19-12-14(3)8-9-16(19)7-2/h8-13,15H,6-7H2,1-5H3. The predicted octanol–water partition coefficient (Wildman–Crippen LogP) is 5.75. The van der Waals surface area contributed by atoms with Crippen LogP contribution in [0, 0.1) is 6.92 Å². The van der Waals surface area contributed by atoms with Crippen LogP contribution in [-0.4, -0.2) is 7.11 Å². The van der Waals surface area contributed by atoms with Crippen LogP contribution in [0.25, 0.3) is 11.1 Å². The molecule has 0 saturated heterocycles. The van der Waals surface area contributed by atoms with Crippen molar-refractivity contribution in [3.8, 4) is 16.9 Å². The molecule has 2 aromatic carbocycles. The Labute approximate surface area is 129 Å². The first-order valence-corrected chi connectivity index (χ1v) is 7.88. The summed E-state index contributed by atoms with van der Waals surface area (Å²) in [6, 6.07) is 13.3. The topological polar surface area (TPSA) is 9.23 Å². The first-order chi connectivity index (χ1) is 10.1. The van der Waals surface area contributed by atoms with E-state index in [1.807, 2.05) is 0 Å². The molecule has 0 heterocycles. The number of rotatable bonds is 5. The van der Waals surface area contributed by atoms with Crippen molar-refractivity contribution in [2.75, 3.05) is 7.11 Å². The Morgan fingerprint density at radius 3 is 2.38 bits per heavy atom. The summed E-state index contributed by atoms with van der Waals surface area (Å²) in [5.41, 5.74) is 6.80. The molecule has 0 aliphatic heterocycles. The maximum atomic E-state index is 5.45. The van der Waals surface area contributed by atoms with E-state index in [1.165, 1.54) is 27.8 Å². The molecule has 0 fully saturated rings. The molecule has 112 valence electrons. The van der Waals surface area contributed by atoms with Gasteiger partial charge in [-0.25, -0.2) is 0 Å². The van der Waals surface area contributed by atoms with Crippen molar-refractivity contribution in [1.82, 2.24) is 0 Å². The van der Waals surface area contributed by atoms with Gasteiger partial charge < -0.3 is 4.74 Å². The molecule has 0 radical (unpaired) electrons. The maximum Gasteiger partial charge on any atom is 0.119 e. The third-order valence-corrected chi connectivity index (χ3v) is 4.34. The van der Waals surface area contributed by atoms with Gasteiger partial charge >= 0.3 is 0 Å². The highest BCUT2D eigenvalue weighted by Crippen LogP contribution is 2.36. The van der Waals surface area contributed by atoms with Gasteiger partial charge in [-0.15, -0.1) is 0 Å². The van der Waals surface area contributed by atoms with Gasteiger partial charge in [0, 0.05) is 0 Å². The summed E-state index contributed by atoms with van der Waals surface area (Å²) in [7, 11) is 1.74. The van der Waals surface area contributed by atoms with Crippen LogP contribution >= 0.6 is 0 Å². The summed E-state index contributed by atoms with van der Waals surface area (Å²) in [6.07, 6.45) is 2.19. The number of hydrogen-bond donors (Lipinski definition) is 0. The lowest BCUT2D eigenvalue weighted by molar-refractivity contribution is 0.414. The van der Waals surface area contributed by atoms with Gasteiger partial charge in [-0.3, -0.25) is 0 Å². The van der Waals surface area contributed by atoms with E-state index >= 15 is 0 Å². The minimum Gasteiger partial charge on any atom is -0.497 e. The molecule has 0 saturated carbocycles. The van der Waals surface area contributed by atoms with Gasteiger partial charge in [0.2, 0.25) is 0 Å². The van der Waals surface area contributed by atoms with E-state index in [1.54, 1.807) is 7.11 Å². The molecule has 2 rings (SSSR count). The molecule has 0 bridgehead atoms. The van der Waals surface area contributed by atoms with E-state index in [0.29, 0.717) is 5.92 Å². The lowest BCUT2D eigenvalue weighted by Crippen LogP contribution is -1.99. The minimum absolute atomic E-state index is 0.552. The summed E-state index contributed by atoms with van der Waals surface area (Å²) in [4.78, 5) is 0. The normalized spacial score (nSPS) is 12.2. The molecule has 21 heavy (non-hydrogen) atoms. The van der Waals surface area contributed by atoms with E-state index in [0.717, 1.165) is 18.6 Å². The molecule has 1 nitrogen and oxygen atoms in total. The first kappa shape index (κ1) is 15.6. The Kier molecular flexibility index (Phi) is 5.06. The Hall–Kier alpha value is -1.76. The predicted molar refractivity (Wildman–Crippen MR) is 91.3 cm³/mol. The van der Waals surface area contributed by atoms with Gasteiger partial charge in [0.15, 0.2) is 0 Å². The molecule has 0 amide bonds. The fraction of sp³-hybridized carbons (Fsp3) is 0.400. The lowest BCUT2D eigenvalue weighted by atomic mass is 9.87. The number of aryl methyl sites for hydroxylation is 2. The summed E-state index contributed by atoms with van der Waals surface area (Å²) in [5, 5.41) is 0. The van der Waals surface area contributed by atoms with Crippen LogP contribution in [0.4, 0.5) is 0 Å². The summed E-state index contributed by atoms with van der Waals surface area (Å²) < 4.78 is 5.45. The van der Waals surface area contributed by atoms with Crippen LogP contribution in [0.5, 0.6) is 5.75 Å². The SMILES string of the molecule is CCc1ccc(C)cc1-c1cc(OC)ccc1C(C)CC. The minimum atomic E-state index is 0.552. The average Bonchev–Trinajstić information content (AvgIpc) is 2.53. The third kappa shape index (κ3) is 3.29. The molecule has 1 atom stereocenters. The number of benzene rings is 2. The number of hydrogen-bond acceptors (Lipinski definition) is 1. The molecule has 2 aromatic rings. The van der Waals surface area contributed by atoms with Crippen LogP contribution in [0.15, 0.2) is 36.4 Å². The van der Waals surface area contributed by atoms with Gasteiger partial charge in [-0.2, -0.15) is 0 Å².